The first-order valence-electron chi connectivity index (χ1n) is 0. The Balaban J connectivity index is 0. The van der Waals surface area contributed by atoms with E-state index in [1.54, 1.807) is 0 Å². The van der Waals surface area contributed by atoms with Gasteiger partial charge in [0.25, 0.3) is 0 Å². The van der Waals surface area contributed by atoms with Gasteiger partial charge in [-0.1, -0.05) is 0 Å². The summed E-state index contributed by atoms with van der Waals surface area (Å²) in [5, 5.41) is 0. The average molecular weight is 211 g/mol. The van der Waals surface area contributed by atoms with Crippen molar-refractivity contribution in [3.05, 3.63) is 0 Å². The van der Waals surface area contributed by atoms with Crippen LogP contribution in [0, 0.1) is 0 Å². The van der Waals surface area contributed by atoms with E-state index in [0.29, 0.717) is 0 Å². The van der Waals surface area contributed by atoms with Gasteiger partial charge < -0.3 is 0 Å². The third kappa shape index (κ3) is 18.9. The van der Waals surface area contributed by atoms with Crippen molar-refractivity contribution in [1.82, 2.24) is 0 Å². The van der Waals surface area contributed by atoms with E-state index in [4.69, 9.17) is 0 Å². The Morgan fingerprint density at radius 2 is 1.00 bits per heavy atom. The predicted molar refractivity (Wildman–Crippen MR) is 27.0 cm³/mol. The smallest absolute Gasteiger partial charge is 0 e. The Morgan fingerprint density at radius 3 is 1.00 bits per heavy atom. The van der Waals surface area contributed by atoms with Crippen LogP contribution in [0.2, 0.25) is 0 Å². The molecule has 0 aromatic heterocycles. The summed E-state index contributed by atoms with van der Waals surface area (Å²) in [6.45, 7) is 0. The van der Waals surface area contributed by atoms with Gasteiger partial charge in [-0.2, -0.15) is 0 Å². The number of hydrogen-bond donors (Lipinski definition) is 0. The molecule has 0 atom stereocenters. The van der Waals surface area contributed by atoms with Crippen molar-refractivity contribution in [3.8, 4) is 0 Å². The largest absolute Gasteiger partial charge is 0.316 e. The molecule has 0 saturated carbocycles. The molecule has 0 aromatic rings. The molecule has 0 unspecified atom stereocenters. The molecule has 0 amide bonds. The second kappa shape index (κ2) is 26.9. The Bertz CT molecular complexity index is 11.6. The molecule has 0 nitrogen and oxygen atoms in total. The Kier molecular flexibility index (Phi) is 222. The minimum absolute atomic E-state index is 0. The molecule has 0 aromatic carbocycles. The van der Waals surface area contributed by atoms with Gasteiger partial charge in [-0.15, -0.1) is 0 Å². The summed E-state index contributed by atoms with van der Waals surface area (Å²) >= 11 is 0. The van der Waals surface area contributed by atoms with Crippen LogP contribution >= 0.6 is 0 Å². The van der Waals surface area contributed by atoms with Crippen LogP contribution in [0.3, 0.4) is 0 Å². The first kappa shape index (κ1) is 41.2. The summed E-state index contributed by atoms with van der Waals surface area (Å²) in [6.07, 6.45) is 0. The second-order valence-electron chi connectivity index (χ2n) is 0. The molecular formula is H7BCaCuMgZn. The van der Waals surface area contributed by atoms with Crippen molar-refractivity contribution >= 4 is 69.2 Å². The molecule has 0 spiro atoms. The molecule has 0 N–H and O–H groups in total. The standard InChI is InChI=1S/BH3.Ca.Cu.Mg.Zn.4H/h1H3;;;;;;;;. The fraction of sp³-hybridized carbons (Fsp3) is 0. The quantitative estimate of drug-likeness (QED) is 0.374. The van der Waals surface area contributed by atoms with Gasteiger partial charge >= 0.3 is 60.8 Å². The van der Waals surface area contributed by atoms with Crippen molar-refractivity contribution in [2.45, 2.75) is 0 Å². The molecule has 1 radical (unpaired) electrons. The Labute approximate surface area is 104 Å². The molecule has 0 fully saturated rings. The van der Waals surface area contributed by atoms with Gasteiger partial charge in [0.1, 0.15) is 0 Å². The van der Waals surface area contributed by atoms with Crippen LogP contribution in [-0.2, 0) is 36.5 Å². The van der Waals surface area contributed by atoms with Crippen LogP contribution in [0.15, 0.2) is 0 Å². The second-order valence-corrected chi connectivity index (χ2v) is 0. The zero-order valence-electron chi connectivity index (χ0n) is 1.01. The van der Waals surface area contributed by atoms with Crippen LogP contribution < -0.4 is 0 Å². The summed E-state index contributed by atoms with van der Waals surface area (Å²) in [5.74, 6) is 0. The van der Waals surface area contributed by atoms with E-state index >= 15 is 0 Å². The fourth-order valence-corrected chi connectivity index (χ4v) is 0. The summed E-state index contributed by atoms with van der Waals surface area (Å²) in [7, 11) is 0. The normalized spacial score (nSPS) is 0. The summed E-state index contributed by atoms with van der Waals surface area (Å²) < 4.78 is 0. The topological polar surface area (TPSA) is 0 Å². The van der Waals surface area contributed by atoms with Gasteiger partial charge in [0.05, 0.1) is 8.41 Å². The van der Waals surface area contributed by atoms with Crippen molar-refractivity contribution < 1.29 is 36.5 Å². The zero-order chi connectivity index (χ0) is 0. The number of hydrogen-bond acceptors (Lipinski definition) is 0. The van der Waals surface area contributed by atoms with Crippen LogP contribution in [0.5, 0.6) is 0 Å². The van der Waals surface area contributed by atoms with E-state index in [-0.39, 0.29) is 106 Å². The zero-order valence-corrected chi connectivity index (χ0v) is 4.92. The molecule has 0 aliphatic rings. The van der Waals surface area contributed by atoms with E-state index in [2.05, 4.69) is 0 Å². The predicted octanol–water partition coefficient (Wildman–Crippen LogP) is -3.02. The maximum absolute atomic E-state index is 0. The minimum Gasteiger partial charge on any atom is 0 e. The molecule has 0 rings (SSSR count). The van der Waals surface area contributed by atoms with Gasteiger partial charge in [-0.3, -0.25) is 0 Å². The molecular weight excluding hydrogens is 204 g/mol. The Hall–Kier alpha value is 3.23. The summed E-state index contributed by atoms with van der Waals surface area (Å²) in [6, 6.07) is 0. The number of rotatable bonds is 0. The van der Waals surface area contributed by atoms with Gasteiger partial charge in [0, 0.05) is 36.5 Å². The van der Waals surface area contributed by atoms with E-state index < -0.39 is 0 Å². The molecule has 27 valence electrons. The molecule has 0 bridgehead atoms. The van der Waals surface area contributed by atoms with Gasteiger partial charge in [0.2, 0.25) is 0 Å². The summed E-state index contributed by atoms with van der Waals surface area (Å²) in [4.78, 5) is 0. The van der Waals surface area contributed by atoms with Gasteiger partial charge in [-0.25, -0.2) is 0 Å². The van der Waals surface area contributed by atoms with Crippen molar-refractivity contribution in [3.63, 3.8) is 0 Å². The molecule has 0 aliphatic carbocycles. The van der Waals surface area contributed by atoms with Crippen molar-refractivity contribution in [2.75, 3.05) is 0 Å². The third-order valence-electron chi connectivity index (χ3n) is 0. The third-order valence-corrected chi connectivity index (χ3v) is 0. The molecule has 0 saturated heterocycles. The fourth-order valence-electron chi connectivity index (χ4n) is 0. The van der Waals surface area contributed by atoms with Crippen LogP contribution in [0.1, 0.15) is 0 Å². The van der Waals surface area contributed by atoms with Gasteiger partial charge in [0.15, 0.2) is 0 Å². The average Bonchev–Trinajstić information content (AvgIpc) is 0. The summed E-state index contributed by atoms with van der Waals surface area (Å²) in [5.41, 5.74) is 0. The van der Waals surface area contributed by atoms with Crippen molar-refractivity contribution in [2.24, 2.45) is 0 Å². The van der Waals surface area contributed by atoms with Crippen LogP contribution in [-0.4, -0.2) is 69.2 Å². The van der Waals surface area contributed by atoms with E-state index in [0.717, 1.165) is 0 Å². The SMILES string of the molecule is B.[CaH2].[Cu].[MgH2].[Zn]. The van der Waals surface area contributed by atoms with Gasteiger partial charge in [-0.05, 0) is 0 Å². The molecule has 0 heterocycles. The Morgan fingerprint density at radius 1 is 1.00 bits per heavy atom. The van der Waals surface area contributed by atoms with Crippen LogP contribution in [0.25, 0.3) is 0 Å². The monoisotopic (exact) mass is 209 g/mol. The van der Waals surface area contributed by atoms with E-state index in [1.165, 1.54) is 0 Å². The van der Waals surface area contributed by atoms with E-state index in [1.807, 2.05) is 0 Å². The van der Waals surface area contributed by atoms with E-state index in [9.17, 15) is 0 Å². The first-order chi connectivity index (χ1) is 0. The maximum atomic E-state index is 0. The van der Waals surface area contributed by atoms with Crippen LogP contribution in [0.4, 0.5) is 0 Å². The molecule has 5 heteroatoms. The molecule has 5 heavy (non-hydrogen) atoms. The first-order valence-corrected chi connectivity index (χ1v) is 0. The molecule has 0 aliphatic heterocycles. The van der Waals surface area contributed by atoms with Crippen molar-refractivity contribution in [1.29, 1.82) is 0 Å². The maximum Gasteiger partial charge on any atom is 0.316 e. The minimum atomic E-state index is 0.